The maximum atomic E-state index is 12.2. The Kier molecular flexibility index (Phi) is 4.85. The van der Waals surface area contributed by atoms with E-state index in [0.29, 0.717) is 12.5 Å². The number of likely N-dealkylation sites (tertiary alicyclic amines) is 1. The molecule has 1 aromatic heterocycles. The van der Waals surface area contributed by atoms with Gasteiger partial charge in [-0.1, -0.05) is 0 Å². The molecule has 3 heterocycles. The number of piperidine rings is 1. The van der Waals surface area contributed by atoms with E-state index in [1.54, 1.807) is 4.90 Å². The molecule has 1 aromatic rings. The topological polar surface area (TPSA) is 59.4 Å². The SMILES string of the molecule is Cc1c(C2CCCNC2)cnn1C1CCN(C(=O)OC(C)(C)C)C1. The van der Waals surface area contributed by atoms with Gasteiger partial charge in [-0.15, -0.1) is 0 Å². The predicted octanol–water partition coefficient (Wildman–Crippen LogP) is 2.84. The highest BCUT2D eigenvalue weighted by Gasteiger charge is 2.32. The zero-order chi connectivity index (χ0) is 17.3. The minimum absolute atomic E-state index is 0.216. The third-order valence-corrected chi connectivity index (χ3v) is 4.98. The van der Waals surface area contributed by atoms with E-state index in [-0.39, 0.29) is 12.1 Å². The second-order valence-corrected chi connectivity index (χ2v) is 8.04. The Morgan fingerprint density at radius 1 is 1.38 bits per heavy atom. The third kappa shape index (κ3) is 3.74. The third-order valence-electron chi connectivity index (χ3n) is 4.98. The van der Waals surface area contributed by atoms with Crippen molar-refractivity contribution in [3.63, 3.8) is 0 Å². The van der Waals surface area contributed by atoms with E-state index in [9.17, 15) is 4.79 Å². The van der Waals surface area contributed by atoms with E-state index < -0.39 is 5.60 Å². The van der Waals surface area contributed by atoms with Gasteiger partial charge < -0.3 is 15.0 Å². The number of rotatable bonds is 2. The summed E-state index contributed by atoms with van der Waals surface area (Å²) in [6.45, 7) is 11.5. The zero-order valence-corrected chi connectivity index (χ0v) is 15.3. The van der Waals surface area contributed by atoms with Crippen molar-refractivity contribution < 1.29 is 9.53 Å². The Hall–Kier alpha value is -1.56. The average molecular weight is 334 g/mol. The molecular formula is C18H30N4O2. The fourth-order valence-electron chi connectivity index (χ4n) is 3.76. The van der Waals surface area contributed by atoms with Gasteiger partial charge in [0.15, 0.2) is 0 Å². The molecule has 0 bridgehead atoms. The second kappa shape index (κ2) is 6.75. The molecule has 0 aliphatic carbocycles. The number of hydrogen-bond acceptors (Lipinski definition) is 4. The van der Waals surface area contributed by atoms with Crippen LogP contribution in [-0.2, 0) is 4.74 Å². The minimum atomic E-state index is -0.446. The molecule has 2 unspecified atom stereocenters. The lowest BCUT2D eigenvalue weighted by Gasteiger charge is -2.25. The maximum Gasteiger partial charge on any atom is 0.410 e. The average Bonchev–Trinajstić information content (AvgIpc) is 3.13. The van der Waals surface area contributed by atoms with Crippen LogP contribution in [0.15, 0.2) is 6.20 Å². The van der Waals surface area contributed by atoms with Crippen molar-refractivity contribution in [2.24, 2.45) is 0 Å². The summed E-state index contributed by atoms with van der Waals surface area (Å²) in [6, 6.07) is 0.253. The number of nitrogens with zero attached hydrogens (tertiary/aromatic N) is 3. The Morgan fingerprint density at radius 2 is 2.17 bits per heavy atom. The van der Waals surface area contributed by atoms with E-state index >= 15 is 0 Å². The molecule has 24 heavy (non-hydrogen) atoms. The number of carbonyl (C=O) groups excluding carboxylic acids is 1. The normalized spacial score (nSPS) is 25.1. The van der Waals surface area contributed by atoms with E-state index in [0.717, 1.165) is 26.1 Å². The number of hydrogen-bond donors (Lipinski definition) is 1. The van der Waals surface area contributed by atoms with Crippen LogP contribution in [0.1, 0.15) is 63.3 Å². The monoisotopic (exact) mass is 334 g/mol. The van der Waals surface area contributed by atoms with Crippen LogP contribution in [0.4, 0.5) is 4.79 Å². The van der Waals surface area contributed by atoms with Gasteiger partial charge in [-0.25, -0.2) is 4.79 Å². The highest BCUT2D eigenvalue weighted by molar-refractivity contribution is 5.68. The van der Waals surface area contributed by atoms with Gasteiger partial charge in [-0.05, 0) is 65.0 Å². The Bertz CT molecular complexity index is 584. The molecule has 134 valence electrons. The molecule has 2 fully saturated rings. The molecule has 6 heteroatoms. The van der Waals surface area contributed by atoms with Crippen LogP contribution in [0.3, 0.4) is 0 Å². The van der Waals surface area contributed by atoms with Crippen molar-refractivity contribution in [1.29, 1.82) is 0 Å². The molecule has 1 amide bonds. The standard InChI is InChI=1S/C18H30N4O2/c1-13-16(14-6-5-8-19-10-14)11-20-22(13)15-7-9-21(12-15)17(23)24-18(2,3)4/h11,14-15,19H,5-10,12H2,1-4H3. The van der Waals surface area contributed by atoms with E-state index in [1.807, 2.05) is 27.0 Å². The summed E-state index contributed by atoms with van der Waals surface area (Å²) in [5.74, 6) is 0.566. The number of ether oxygens (including phenoxy) is 1. The first-order valence-electron chi connectivity index (χ1n) is 9.08. The Morgan fingerprint density at radius 3 is 2.83 bits per heavy atom. The minimum Gasteiger partial charge on any atom is -0.444 e. The van der Waals surface area contributed by atoms with Crippen LogP contribution in [0, 0.1) is 6.92 Å². The molecule has 0 radical (unpaired) electrons. The van der Waals surface area contributed by atoms with Crippen molar-refractivity contribution in [1.82, 2.24) is 20.0 Å². The van der Waals surface area contributed by atoms with Crippen LogP contribution >= 0.6 is 0 Å². The van der Waals surface area contributed by atoms with Gasteiger partial charge in [0, 0.05) is 25.3 Å². The summed E-state index contributed by atoms with van der Waals surface area (Å²) in [5.41, 5.74) is 2.16. The Labute approximate surface area is 144 Å². The molecule has 0 aromatic carbocycles. The first-order valence-corrected chi connectivity index (χ1v) is 9.08. The summed E-state index contributed by atoms with van der Waals surface area (Å²) >= 11 is 0. The zero-order valence-electron chi connectivity index (χ0n) is 15.3. The molecule has 3 rings (SSSR count). The van der Waals surface area contributed by atoms with E-state index in [1.165, 1.54) is 24.1 Å². The summed E-state index contributed by atoms with van der Waals surface area (Å²) in [5, 5.41) is 8.13. The van der Waals surface area contributed by atoms with Crippen LogP contribution in [0.2, 0.25) is 0 Å². The smallest absolute Gasteiger partial charge is 0.410 e. The molecule has 6 nitrogen and oxygen atoms in total. The number of amides is 1. The fraction of sp³-hybridized carbons (Fsp3) is 0.778. The summed E-state index contributed by atoms with van der Waals surface area (Å²) in [4.78, 5) is 14.0. The van der Waals surface area contributed by atoms with Crippen LogP contribution in [-0.4, -0.2) is 52.6 Å². The van der Waals surface area contributed by atoms with Crippen molar-refractivity contribution in [3.8, 4) is 0 Å². The number of aromatic nitrogens is 2. The lowest BCUT2D eigenvalue weighted by Crippen LogP contribution is -2.35. The number of nitrogens with one attached hydrogen (secondary N) is 1. The van der Waals surface area contributed by atoms with Gasteiger partial charge in [0.2, 0.25) is 0 Å². The molecule has 2 aliphatic heterocycles. The summed E-state index contributed by atoms with van der Waals surface area (Å²) in [6.07, 6.45) is 5.21. The molecule has 0 saturated carbocycles. The molecule has 1 N–H and O–H groups in total. The van der Waals surface area contributed by atoms with Gasteiger partial charge in [0.1, 0.15) is 5.60 Å². The highest BCUT2D eigenvalue weighted by atomic mass is 16.6. The van der Waals surface area contributed by atoms with Gasteiger partial charge in [-0.3, -0.25) is 4.68 Å². The molecule has 0 spiro atoms. The molecule has 2 atom stereocenters. The van der Waals surface area contributed by atoms with Crippen molar-refractivity contribution >= 4 is 6.09 Å². The lowest BCUT2D eigenvalue weighted by atomic mass is 9.92. The molecular weight excluding hydrogens is 304 g/mol. The van der Waals surface area contributed by atoms with Crippen molar-refractivity contribution in [2.75, 3.05) is 26.2 Å². The Balaban J connectivity index is 1.66. The quantitative estimate of drug-likeness (QED) is 0.903. The maximum absolute atomic E-state index is 12.2. The van der Waals surface area contributed by atoms with Gasteiger partial charge in [0.05, 0.1) is 12.2 Å². The van der Waals surface area contributed by atoms with Crippen molar-refractivity contribution in [2.45, 2.75) is 64.5 Å². The van der Waals surface area contributed by atoms with Crippen LogP contribution in [0.5, 0.6) is 0 Å². The fourth-order valence-corrected chi connectivity index (χ4v) is 3.76. The van der Waals surface area contributed by atoms with Gasteiger partial charge >= 0.3 is 6.09 Å². The summed E-state index contributed by atoms with van der Waals surface area (Å²) < 4.78 is 7.60. The first-order chi connectivity index (χ1) is 11.3. The van der Waals surface area contributed by atoms with Crippen LogP contribution < -0.4 is 5.32 Å². The van der Waals surface area contributed by atoms with E-state index in [2.05, 4.69) is 22.0 Å². The van der Waals surface area contributed by atoms with Gasteiger partial charge in [-0.2, -0.15) is 5.10 Å². The predicted molar refractivity (Wildman–Crippen MR) is 93.3 cm³/mol. The second-order valence-electron chi connectivity index (χ2n) is 8.04. The first kappa shape index (κ1) is 17.3. The van der Waals surface area contributed by atoms with Crippen LogP contribution in [0.25, 0.3) is 0 Å². The molecule has 2 aliphatic rings. The van der Waals surface area contributed by atoms with E-state index in [4.69, 9.17) is 4.74 Å². The van der Waals surface area contributed by atoms with Crippen molar-refractivity contribution in [3.05, 3.63) is 17.5 Å². The molecule has 2 saturated heterocycles. The summed E-state index contributed by atoms with van der Waals surface area (Å²) in [7, 11) is 0. The highest BCUT2D eigenvalue weighted by Crippen LogP contribution is 2.30. The number of carbonyl (C=O) groups is 1. The lowest BCUT2D eigenvalue weighted by molar-refractivity contribution is 0.0288. The largest absolute Gasteiger partial charge is 0.444 e. The van der Waals surface area contributed by atoms with Gasteiger partial charge in [0.25, 0.3) is 0 Å².